The van der Waals surface area contributed by atoms with Gasteiger partial charge in [0.1, 0.15) is 0 Å². The molecule has 0 atom stereocenters. The molecule has 1 aliphatic heterocycles. The second-order valence-corrected chi connectivity index (χ2v) is 3.28. The predicted molar refractivity (Wildman–Crippen MR) is 56.8 cm³/mol. The third-order valence-corrected chi connectivity index (χ3v) is 2.35. The second-order valence-electron chi connectivity index (χ2n) is 3.28. The monoisotopic (exact) mass is 193 g/mol. The van der Waals surface area contributed by atoms with Gasteiger partial charge in [-0.05, 0) is 12.1 Å². The van der Waals surface area contributed by atoms with Crippen LogP contribution in [0.25, 0.3) is 0 Å². The molecule has 0 fully saturated rings. The van der Waals surface area contributed by atoms with Crippen molar-refractivity contribution >= 4 is 11.5 Å². The van der Waals surface area contributed by atoms with Crippen molar-refractivity contribution in [2.45, 2.75) is 0 Å². The lowest BCUT2D eigenvalue weighted by Gasteiger charge is -2.30. The van der Waals surface area contributed by atoms with E-state index in [9.17, 15) is 0 Å². The summed E-state index contributed by atoms with van der Waals surface area (Å²) >= 11 is 0. The number of ether oxygens (including phenoxy) is 1. The summed E-state index contributed by atoms with van der Waals surface area (Å²) in [6, 6.07) is 4.01. The number of aromatic nitrogens is 1. The standard InChI is InChI=1S/C10H15N3O/c1-14-8-7-13-6-5-11-9-3-2-4-12-10(9)13/h2-4,11H,5-8H2,1H3. The van der Waals surface area contributed by atoms with Gasteiger partial charge in [-0.1, -0.05) is 0 Å². The maximum Gasteiger partial charge on any atom is 0.152 e. The molecule has 2 rings (SSSR count). The van der Waals surface area contributed by atoms with Crippen LogP contribution in [0.4, 0.5) is 11.5 Å². The Hall–Kier alpha value is -1.29. The molecule has 1 aromatic heterocycles. The maximum absolute atomic E-state index is 5.07. The van der Waals surface area contributed by atoms with E-state index in [0.717, 1.165) is 37.7 Å². The molecule has 4 nitrogen and oxygen atoms in total. The van der Waals surface area contributed by atoms with E-state index in [1.807, 2.05) is 12.3 Å². The number of methoxy groups -OCH3 is 1. The molecular formula is C10H15N3O. The minimum Gasteiger partial charge on any atom is -0.383 e. The van der Waals surface area contributed by atoms with Gasteiger partial charge in [-0.15, -0.1) is 0 Å². The number of rotatable bonds is 3. The molecule has 14 heavy (non-hydrogen) atoms. The zero-order chi connectivity index (χ0) is 9.80. The fourth-order valence-corrected chi connectivity index (χ4v) is 1.64. The zero-order valence-corrected chi connectivity index (χ0v) is 8.36. The molecule has 0 radical (unpaired) electrons. The molecule has 0 bridgehead atoms. The smallest absolute Gasteiger partial charge is 0.152 e. The van der Waals surface area contributed by atoms with Gasteiger partial charge in [0.25, 0.3) is 0 Å². The predicted octanol–water partition coefficient (Wildman–Crippen LogP) is 0.960. The Kier molecular flexibility index (Phi) is 2.84. The highest BCUT2D eigenvalue weighted by atomic mass is 16.5. The molecule has 0 saturated heterocycles. The summed E-state index contributed by atoms with van der Waals surface area (Å²) in [7, 11) is 1.72. The Morgan fingerprint density at radius 1 is 1.64 bits per heavy atom. The van der Waals surface area contributed by atoms with Gasteiger partial charge in [0.2, 0.25) is 0 Å². The Morgan fingerprint density at radius 2 is 2.57 bits per heavy atom. The minimum absolute atomic E-state index is 0.746. The molecule has 0 aromatic carbocycles. The average molecular weight is 193 g/mol. The van der Waals surface area contributed by atoms with E-state index in [0.29, 0.717) is 0 Å². The molecule has 1 N–H and O–H groups in total. The lowest BCUT2D eigenvalue weighted by atomic mass is 10.3. The van der Waals surface area contributed by atoms with Gasteiger partial charge < -0.3 is 15.0 Å². The van der Waals surface area contributed by atoms with Gasteiger partial charge in [-0.3, -0.25) is 0 Å². The van der Waals surface area contributed by atoms with E-state index in [1.165, 1.54) is 0 Å². The van der Waals surface area contributed by atoms with Crippen LogP contribution >= 0.6 is 0 Å². The first-order valence-corrected chi connectivity index (χ1v) is 4.84. The Morgan fingerprint density at radius 3 is 3.43 bits per heavy atom. The molecule has 0 amide bonds. The van der Waals surface area contributed by atoms with Gasteiger partial charge in [0.15, 0.2) is 5.82 Å². The fraction of sp³-hybridized carbons (Fsp3) is 0.500. The number of hydrogen-bond acceptors (Lipinski definition) is 4. The van der Waals surface area contributed by atoms with Crippen molar-refractivity contribution in [1.82, 2.24) is 4.98 Å². The van der Waals surface area contributed by atoms with E-state index in [4.69, 9.17) is 4.74 Å². The summed E-state index contributed by atoms with van der Waals surface area (Å²) < 4.78 is 5.07. The summed E-state index contributed by atoms with van der Waals surface area (Å²) in [6.45, 7) is 3.62. The Balaban J connectivity index is 2.14. The molecule has 0 spiro atoms. The van der Waals surface area contributed by atoms with Crippen molar-refractivity contribution in [3.05, 3.63) is 18.3 Å². The van der Waals surface area contributed by atoms with E-state index in [1.54, 1.807) is 7.11 Å². The lowest BCUT2D eigenvalue weighted by Crippen LogP contribution is -2.36. The number of hydrogen-bond donors (Lipinski definition) is 1. The van der Waals surface area contributed by atoms with Crippen molar-refractivity contribution in [3.8, 4) is 0 Å². The summed E-state index contributed by atoms with van der Waals surface area (Å²) in [6.07, 6.45) is 1.83. The molecule has 0 saturated carbocycles. The van der Waals surface area contributed by atoms with E-state index < -0.39 is 0 Å². The third-order valence-electron chi connectivity index (χ3n) is 2.35. The first-order chi connectivity index (χ1) is 6.92. The fourth-order valence-electron chi connectivity index (χ4n) is 1.64. The van der Waals surface area contributed by atoms with Crippen molar-refractivity contribution in [1.29, 1.82) is 0 Å². The first kappa shape index (κ1) is 9.27. The van der Waals surface area contributed by atoms with Gasteiger partial charge in [-0.2, -0.15) is 0 Å². The average Bonchev–Trinajstić information content (AvgIpc) is 2.26. The number of anilines is 2. The minimum atomic E-state index is 0.746. The van der Waals surface area contributed by atoms with Crippen molar-refractivity contribution in [3.63, 3.8) is 0 Å². The molecule has 1 aliphatic rings. The Bertz CT molecular complexity index is 303. The van der Waals surface area contributed by atoms with Crippen LogP contribution in [0.5, 0.6) is 0 Å². The molecule has 1 aromatic rings. The number of nitrogens with one attached hydrogen (secondary N) is 1. The first-order valence-electron chi connectivity index (χ1n) is 4.84. The number of fused-ring (bicyclic) bond motifs is 1. The van der Waals surface area contributed by atoms with E-state index in [2.05, 4.69) is 21.3 Å². The zero-order valence-electron chi connectivity index (χ0n) is 8.36. The molecule has 2 heterocycles. The van der Waals surface area contributed by atoms with Crippen LogP contribution in [0.15, 0.2) is 18.3 Å². The van der Waals surface area contributed by atoms with Gasteiger partial charge in [0.05, 0.1) is 12.3 Å². The SMILES string of the molecule is COCCN1CCNc2cccnc21. The maximum atomic E-state index is 5.07. The second kappa shape index (κ2) is 4.28. The summed E-state index contributed by atoms with van der Waals surface area (Å²) in [5.41, 5.74) is 1.12. The molecule has 0 aliphatic carbocycles. The molecule has 76 valence electrons. The van der Waals surface area contributed by atoms with E-state index >= 15 is 0 Å². The largest absolute Gasteiger partial charge is 0.383 e. The quantitative estimate of drug-likeness (QED) is 0.776. The molecule has 0 unspecified atom stereocenters. The topological polar surface area (TPSA) is 37.4 Å². The van der Waals surface area contributed by atoms with Crippen LogP contribution in [0.2, 0.25) is 0 Å². The normalized spacial score (nSPS) is 14.8. The third kappa shape index (κ3) is 1.80. The van der Waals surface area contributed by atoms with Crippen molar-refractivity contribution < 1.29 is 4.74 Å². The Labute approximate surface area is 83.9 Å². The van der Waals surface area contributed by atoms with Crippen molar-refractivity contribution in [2.75, 3.05) is 43.6 Å². The molecule has 4 heteroatoms. The summed E-state index contributed by atoms with van der Waals surface area (Å²) in [5.74, 6) is 1.04. The van der Waals surface area contributed by atoms with Crippen LogP contribution in [0.3, 0.4) is 0 Å². The lowest BCUT2D eigenvalue weighted by molar-refractivity contribution is 0.205. The number of nitrogens with zero attached hydrogens (tertiary/aromatic N) is 2. The highest BCUT2D eigenvalue weighted by Gasteiger charge is 2.16. The van der Waals surface area contributed by atoms with Gasteiger partial charge in [0, 0.05) is 32.9 Å². The van der Waals surface area contributed by atoms with Gasteiger partial charge in [-0.25, -0.2) is 4.98 Å². The molecular weight excluding hydrogens is 178 g/mol. The summed E-state index contributed by atoms with van der Waals surface area (Å²) in [5, 5.41) is 3.32. The number of pyridine rings is 1. The van der Waals surface area contributed by atoms with E-state index in [-0.39, 0.29) is 0 Å². The van der Waals surface area contributed by atoms with Gasteiger partial charge >= 0.3 is 0 Å². The van der Waals surface area contributed by atoms with Crippen LogP contribution in [0, 0.1) is 0 Å². The van der Waals surface area contributed by atoms with Crippen LogP contribution in [0.1, 0.15) is 0 Å². The summed E-state index contributed by atoms with van der Waals surface area (Å²) in [4.78, 5) is 6.61. The van der Waals surface area contributed by atoms with Crippen molar-refractivity contribution in [2.24, 2.45) is 0 Å². The highest BCUT2D eigenvalue weighted by Crippen LogP contribution is 2.24. The van der Waals surface area contributed by atoms with Crippen LogP contribution < -0.4 is 10.2 Å². The van der Waals surface area contributed by atoms with Crippen LogP contribution in [-0.2, 0) is 4.74 Å². The highest BCUT2D eigenvalue weighted by molar-refractivity contribution is 5.67. The van der Waals surface area contributed by atoms with Crippen LogP contribution in [-0.4, -0.2) is 38.3 Å².